The van der Waals surface area contributed by atoms with Crippen molar-refractivity contribution in [3.8, 4) is 11.4 Å². The minimum atomic E-state index is -0.511. The van der Waals surface area contributed by atoms with Crippen LogP contribution in [0.3, 0.4) is 0 Å². The van der Waals surface area contributed by atoms with E-state index >= 15 is 0 Å². The standard InChI is InChI=1S/C23H18N6O3/c1-28-20-14(22(31)29(2)23(28)32)11-12-18(26-20)21(30)27-15-8-4-3-7-13(15)19-24-16-9-5-6-10-17(16)25-19/h3-12H,1-2H3,(H,24,25)(H,27,30). The zero-order chi connectivity index (χ0) is 22.4. The number of aryl methyl sites for hydroxylation is 1. The fraction of sp³-hybridized carbons (Fsp3) is 0.0870. The zero-order valence-electron chi connectivity index (χ0n) is 17.3. The van der Waals surface area contributed by atoms with Crippen LogP contribution >= 0.6 is 0 Å². The lowest BCUT2D eigenvalue weighted by atomic mass is 10.1. The molecule has 0 saturated heterocycles. The molecule has 2 N–H and O–H groups in total. The molecule has 2 aromatic carbocycles. The van der Waals surface area contributed by atoms with Gasteiger partial charge in [-0.2, -0.15) is 0 Å². The van der Waals surface area contributed by atoms with Gasteiger partial charge in [0.25, 0.3) is 11.5 Å². The van der Waals surface area contributed by atoms with Crippen molar-refractivity contribution in [1.29, 1.82) is 0 Å². The van der Waals surface area contributed by atoms with Crippen LogP contribution in [0.4, 0.5) is 5.69 Å². The number of hydrogen-bond donors (Lipinski definition) is 2. The molecule has 0 saturated carbocycles. The Hall–Kier alpha value is -4.53. The van der Waals surface area contributed by atoms with E-state index in [1.54, 1.807) is 6.07 Å². The number of carbonyl (C=O) groups excluding carboxylic acids is 1. The van der Waals surface area contributed by atoms with E-state index < -0.39 is 17.2 Å². The minimum Gasteiger partial charge on any atom is -0.338 e. The first kappa shape index (κ1) is 19.4. The number of imidazole rings is 1. The number of aromatic amines is 1. The van der Waals surface area contributed by atoms with Gasteiger partial charge in [0.05, 0.1) is 22.1 Å². The van der Waals surface area contributed by atoms with Crippen molar-refractivity contribution < 1.29 is 4.79 Å². The molecule has 0 spiro atoms. The smallest absolute Gasteiger partial charge is 0.332 e. The van der Waals surface area contributed by atoms with Crippen molar-refractivity contribution >= 4 is 33.7 Å². The van der Waals surface area contributed by atoms with E-state index in [1.165, 1.54) is 30.8 Å². The van der Waals surface area contributed by atoms with Gasteiger partial charge < -0.3 is 10.3 Å². The molecule has 0 unspecified atom stereocenters. The Morgan fingerprint density at radius 2 is 1.66 bits per heavy atom. The van der Waals surface area contributed by atoms with Gasteiger partial charge in [-0.15, -0.1) is 0 Å². The number of aromatic nitrogens is 5. The largest absolute Gasteiger partial charge is 0.338 e. The summed E-state index contributed by atoms with van der Waals surface area (Å²) in [5.74, 6) is 0.156. The summed E-state index contributed by atoms with van der Waals surface area (Å²) in [6.45, 7) is 0. The van der Waals surface area contributed by atoms with Crippen LogP contribution in [-0.2, 0) is 14.1 Å². The molecule has 0 radical (unpaired) electrons. The second-order valence-electron chi connectivity index (χ2n) is 7.38. The molecule has 158 valence electrons. The van der Waals surface area contributed by atoms with Crippen LogP contribution in [0.25, 0.3) is 33.5 Å². The topological polar surface area (TPSA) is 115 Å². The summed E-state index contributed by atoms with van der Waals surface area (Å²) in [6.07, 6.45) is 0. The van der Waals surface area contributed by atoms with Crippen molar-refractivity contribution in [3.05, 3.63) is 87.2 Å². The average Bonchev–Trinajstić information content (AvgIpc) is 3.25. The Balaban J connectivity index is 1.54. The summed E-state index contributed by atoms with van der Waals surface area (Å²) in [7, 11) is 2.91. The van der Waals surface area contributed by atoms with E-state index in [0.29, 0.717) is 11.5 Å². The predicted molar refractivity (Wildman–Crippen MR) is 122 cm³/mol. The van der Waals surface area contributed by atoms with Crippen LogP contribution < -0.4 is 16.6 Å². The number of nitrogens with one attached hydrogen (secondary N) is 2. The van der Waals surface area contributed by atoms with Gasteiger partial charge in [0.1, 0.15) is 17.2 Å². The van der Waals surface area contributed by atoms with E-state index in [0.717, 1.165) is 21.2 Å². The van der Waals surface area contributed by atoms with Gasteiger partial charge in [-0.1, -0.05) is 24.3 Å². The fourth-order valence-corrected chi connectivity index (χ4v) is 3.65. The molecule has 32 heavy (non-hydrogen) atoms. The predicted octanol–water partition coefficient (Wildman–Crippen LogP) is 2.43. The number of fused-ring (bicyclic) bond motifs is 2. The Labute approximate surface area is 181 Å². The van der Waals surface area contributed by atoms with Crippen LogP contribution in [-0.4, -0.2) is 30.0 Å². The highest BCUT2D eigenvalue weighted by molar-refractivity contribution is 6.05. The van der Waals surface area contributed by atoms with Crippen LogP contribution in [0.15, 0.2) is 70.3 Å². The molecule has 3 aromatic heterocycles. The molecule has 9 heteroatoms. The first-order valence-corrected chi connectivity index (χ1v) is 9.86. The van der Waals surface area contributed by atoms with Crippen LogP contribution in [0, 0.1) is 0 Å². The summed E-state index contributed by atoms with van der Waals surface area (Å²) < 4.78 is 2.25. The summed E-state index contributed by atoms with van der Waals surface area (Å²) >= 11 is 0. The van der Waals surface area contributed by atoms with Crippen LogP contribution in [0.2, 0.25) is 0 Å². The van der Waals surface area contributed by atoms with Crippen molar-refractivity contribution in [3.63, 3.8) is 0 Å². The maximum absolute atomic E-state index is 13.0. The molecule has 5 aromatic rings. The van der Waals surface area contributed by atoms with Gasteiger partial charge in [-0.25, -0.2) is 14.8 Å². The lowest BCUT2D eigenvalue weighted by Crippen LogP contribution is -2.37. The van der Waals surface area contributed by atoms with E-state index in [2.05, 4.69) is 20.3 Å². The molecule has 0 aliphatic carbocycles. The Kier molecular flexibility index (Phi) is 4.44. The summed E-state index contributed by atoms with van der Waals surface area (Å²) in [6, 6.07) is 17.9. The number of H-pyrrole nitrogens is 1. The van der Waals surface area contributed by atoms with E-state index in [-0.39, 0.29) is 16.7 Å². The van der Waals surface area contributed by atoms with Gasteiger partial charge in [-0.3, -0.25) is 18.7 Å². The monoisotopic (exact) mass is 426 g/mol. The molecule has 0 aliphatic heterocycles. The van der Waals surface area contributed by atoms with Crippen LogP contribution in [0.1, 0.15) is 10.5 Å². The number of hydrogen-bond acceptors (Lipinski definition) is 5. The van der Waals surface area contributed by atoms with Gasteiger partial charge >= 0.3 is 5.69 Å². The molecule has 9 nitrogen and oxygen atoms in total. The molecule has 1 amide bonds. The van der Waals surface area contributed by atoms with E-state index in [1.807, 2.05) is 42.5 Å². The highest BCUT2D eigenvalue weighted by Gasteiger charge is 2.16. The molecule has 3 heterocycles. The van der Waals surface area contributed by atoms with Crippen molar-refractivity contribution in [2.45, 2.75) is 0 Å². The number of nitrogens with zero attached hydrogens (tertiary/aromatic N) is 4. The number of rotatable bonds is 3. The fourth-order valence-electron chi connectivity index (χ4n) is 3.65. The number of carbonyl (C=O) groups is 1. The number of para-hydroxylation sites is 3. The first-order valence-electron chi connectivity index (χ1n) is 9.86. The summed E-state index contributed by atoms with van der Waals surface area (Å²) in [4.78, 5) is 49.7. The van der Waals surface area contributed by atoms with Crippen molar-refractivity contribution in [1.82, 2.24) is 24.1 Å². The highest BCUT2D eigenvalue weighted by atomic mass is 16.2. The van der Waals surface area contributed by atoms with Crippen molar-refractivity contribution in [2.75, 3.05) is 5.32 Å². The number of amides is 1. The molecule has 0 fully saturated rings. The maximum atomic E-state index is 13.0. The molecular weight excluding hydrogens is 408 g/mol. The molecule has 5 rings (SSSR count). The number of anilines is 1. The highest BCUT2D eigenvalue weighted by Crippen LogP contribution is 2.27. The Morgan fingerprint density at radius 1 is 0.906 bits per heavy atom. The molecule has 0 bridgehead atoms. The zero-order valence-corrected chi connectivity index (χ0v) is 17.3. The second kappa shape index (κ2) is 7.31. The maximum Gasteiger partial charge on any atom is 0.332 e. The third kappa shape index (κ3) is 3.07. The number of pyridine rings is 1. The summed E-state index contributed by atoms with van der Waals surface area (Å²) in [5.41, 5.74) is 2.25. The van der Waals surface area contributed by atoms with Gasteiger partial charge in [0.15, 0.2) is 0 Å². The van der Waals surface area contributed by atoms with Crippen molar-refractivity contribution in [2.24, 2.45) is 14.1 Å². The lowest BCUT2D eigenvalue weighted by Gasteiger charge is -2.11. The Bertz CT molecular complexity index is 1610. The van der Waals surface area contributed by atoms with Gasteiger partial charge in [0, 0.05) is 19.7 Å². The molecule has 0 atom stereocenters. The third-order valence-electron chi connectivity index (χ3n) is 5.35. The molecular formula is C23H18N6O3. The van der Waals surface area contributed by atoms with Gasteiger partial charge in [0.2, 0.25) is 0 Å². The average molecular weight is 426 g/mol. The first-order chi connectivity index (χ1) is 15.4. The van der Waals surface area contributed by atoms with E-state index in [4.69, 9.17) is 0 Å². The van der Waals surface area contributed by atoms with E-state index in [9.17, 15) is 14.4 Å². The lowest BCUT2D eigenvalue weighted by molar-refractivity contribution is 0.102. The second-order valence-corrected chi connectivity index (χ2v) is 7.38. The quantitative estimate of drug-likeness (QED) is 0.460. The summed E-state index contributed by atoms with van der Waals surface area (Å²) in [5, 5.41) is 3.12. The van der Waals surface area contributed by atoms with Gasteiger partial charge in [-0.05, 0) is 36.4 Å². The normalized spacial score (nSPS) is 11.2. The Morgan fingerprint density at radius 3 is 2.47 bits per heavy atom. The minimum absolute atomic E-state index is 0.0835. The SMILES string of the molecule is Cn1c(=O)c2ccc(C(=O)Nc3ccccc3-c3nc4ccccc4[nH]3)nc2n(C)c1=O. The molecule has 0 aliphatic rings. The third-order valence-corrected chi connectivity index (χ3v) is 5.35. The number of benzene rings is 2. The van der Waals surface area contributed by atoms with Crippen LogP contribution in [0.5, 0.6) is 0 Å².